The van der Waals surface area contributed by atoms with Crippen LogP contribution < -0.4 is 0 Å². The van der Waals surface area contributed by atoms with Crippen LogP contribution in [0.5, 0.6) is 0 Å². The van der Waals surface area contributed by atoms with E-state index < -0.39 is 16.5 Å². The zero-order valence-electron chi connectivity index (χ0n) is 3.01. The van der Waals surface area contributed by atoms with Crippen molar-refractivity contribution in [3.63, 3.8) is 0 Å². The van der Waals surface area contributed by atoms with Gasteiger partial charge in [0.1, 0.15) is 0 Å². The fraction of sp³-hybridized carbons (Fsp3) is 0. The Morgan fingerprint density at radius 3 is 2.00 bits per heavy atom. The van der Waals surface area contributed by atoms with Crippen LogP contribution in [-0.4, -0.2) is 9.79 Å². The van der Waals surface area contributed by atoms with Crippen LogP contribution in [0, 0.1) is 0 Å². The molecule has 0 aromatic heterocycles. The third kappa shape index (κ3) is 6.21. The van der Waals surface area contributed by atoms with Crippen LogP contribution in [-0.2, 0) is 13.4 Å². The number of phosphoric acid groups is 1. The van der Waals surface area contributed by atoms with Crippen LogP contribution in [0.25, 0.3) is 0 Å². The average molecular weight is 144 g/mol. The van der Waals surface area contributed by atoms with Gasteiger partial charge < -0.3 is 9.79 Å². The van der Waals surface area contributed by atoms with E-state index in [2.05, 4.69) is 4.31 Å². The van der Waals surface area contributed by atoms with E-state index in [9.17, 15) is 9.13 Å². The summed E-state index contributed by atoms with van der Waals surface area (Å²) < 4.78 is 22.0. The van der Waals surface area contributed by atoms with Gasteiger partial charge in [-0.3, -0.25) is 0 Å². The fourth-order valence-corrected chi connectivity index (χ4v) is 0.391. The van der Waals surface area contributed by atoms with Crippen molar-refractivity contribution in [2.45, 2.75) is 0 Å². The summed E-state index contributed by atoms with van der Waals surface area (Å²) in [6.45, 7) is 0. The fourth-order valence-electron chi connectivity index (χ4n) is 0.0434. The highest BCUT2D eigenvalue weighted by atomic mass is 31.2. The van der Waals surface area contributed by atoms with Crippen molar-refractivity contribution in [3.8, 4) is 0 Å². The minimum absolute atomic E-state index is 1.00. The van der Waals surface area contributed by atoms with Gasteiger partial charge in [0.25, 0.3) is 0 Å². The van der Waals surface area contributed by atoms with Gasteiger partial charge in [-0.2, -0.15) is 4.31 Å². The van der Waals surface area contributed by atoms with Crippen molar-refractivity contribution < 1.29 is 23.2 Å². The molecule has 0 aromatic rings. The molecule has 0 aliphatic carbocycles. The normalized spacial score (nSPS) is 12.3. The minimum atomic E-state index is -4.49. The van der Waals surface area contributed by atoms with Gasteiger partial charge in [-0.1, -0.05) is 0 Å². The largest absolute Gasteiger partial charge is 0.480 e. The SMILES string of the molecule is O=POP(=O)(O)O. The summed E-state index contributed by atoms with van der Waals surface area (Å²) >= 11 is 0. The molecule has 0 heterocycles. The van der Waals surface area contributed by atoms with E-state index in [4.69, 9.17) is 9.79 Å². The summed E-state index contributed by atoms with van der Waals surface area (Å²) in [7, 11) is -5.49. The Morgan fingerprint density at radius 2 is 2.00 bits per heavy atom. The first-order valence-corrected chi connectivity index (χ1v) is 3.39. The first-order chi connectivity index (χ1) is 3.06. The van der Waals surface area contributed by atoms with Gasteiger partial charge in [-0.25, -0.2) is 9.13 Å². The molecule has 0 spiro atoms. The van der Waals surface area contributed by atoms with Crippen molar-refractivity contribution in [2.75, 3.05) is 0 Å². The zero-order valence-corrected chi connectivity index (χ0v) is 4.80. The standard InChI is InChI=1S/H2O5P2/c1-6-5-7(2,3)4/h(H2,2,3,4). The number of hydrogen-bond donors (Lipinski definition) is 2. The third-order valence-electron chi connectivity index (χ3n) is 0.140. The molecule has 0 saturated carbocycles. The van der Waals surface area contributed by atoms with Crippen molar-refractivity contribution >= 4 is 16.5 Å². The van der Waals surface area contributed by atoms with E-state index in [1.54, 1.807) is 0 Å². The summed E-state index contributed by atoms with van der Waals surface area (Å²) in [6, 6.07) is 0. The van der Waals surface area contributed by atoms with E-state index in [1.165, 1.54) is 0 Å². The monoisotopic (exact) mass is 144 g/mol. The van der Waals surface area contributed by atoms with Gasteiger partial charge in [-0.05, 0) is 0 Å². The Bertz CT molecular complexity index is 98.6. The average Bonchev–Trinajstić information content (AvgIpc) is 1.30. The summed E-state index contributed by atoms with van der Waals surface area (Å²) in [5.41, 5.74) is 0. The third-order valence-corrected chi connectivity index (χ3v) is 1.26. The lowest BCUT2D eigenvalue weighted by molar-refractivity contribution is 0.292. The summed E-state index contributed by atoms with van der Waals surface area (Å²) in [4.78, 5) is 15.4. The molecule has 0 bridgehead atoms. The maximum absolute atomic E-state index is 9.50. The summed E-state index contributed by atoms with van der Waals surface area (Å²) in [6.07, 6.45) is 0. The molecular formula is H2O5P2. The van der Waals surface area contributed by atoms with E-state index in [1.807, 2.05) is 0 Å². The molecule has 5 nitrogen and oxygen atoms in total. The first kappa shape index (κ1) is 7.21. The Morgan fingerprint density at radius 1 is 1.57 bits per heavy atom. The molecular weight excluding hydrogens is 142 g/mol. The van der Waals surface area contributed by atoms with Crippen molar-refractivity contribution in [1.82, 2.24) is 0 Å². The van der Waals surface area contributed by atoms with Crippen LogP contribution in [0.2, 0.25) is 0 Å². The van der Waals surface area contributed by atoms with Gasteiger partial charge in [0.05, 0.1) is 0 Å². The Hall–Kier alpha value is 0.210. The molecule has 2 N–H and O–H groups in total. The van der Waals surface area contributed by atoms with Crippen molar-refractivity contribution in [2.24, 2.45) is 0 Å². The molecule has 42 valence electrons. The lowest BCUT2D eigenvalue weighted by atomic mass is 15.7. The van der Waals surface area contributed by atoms with Gasteiger partial charge >= 0.3 is 16.5 Å². The Kier molecular flexibility index (Phi) is 2.58. The lowest BCUT2D eigenvalue weighted by Crippen LogP contribution is -1.70. The second kappa shape index (κ2) is 2.50. The molecule has 0 atom stereocenters. The zero-order chi connectivity index (χ0) is 5.91. The van der Waals surface area contributed by atoms with Crippen LogP contribution in [0.1, 0.15) is 0 Å². The molecule has 0 aromatic carbocycles. The highest BCUT2D eigenvalue weighted by Gasteiger charge is 2.12. The van der Waals surface area contributed by atoms with E-state index in [-0.39, 0.29) is 0 Å². The van der Waals surface area contributed by atoms with E-state index in [0.29, 0.717) is 0 Å². The number of rotatable bonds is 2. The lowest BCUT2D eigenvalue weighted by Gasteiger charge is -1.90. The van der Waals surface area contributed by atoms with Crippen molar-refractivity contribution in [3.05, 3.63) is 0 Å². The summed E-state index contributed by atoms with van der Waals surface area (Å²) in [5.74, 6) is 0. The van der Waals surface area contributed by atoms with Crippen LogP contribution in [0.4, 0.5) is 0 Å². The smallest absolute Gasteiger partial charge is 0.302 e. The molecule has 0 saturated heterocycles. The summed E-state index contributed by atoms with van der Waals surface area (Å²) in [5, 5.41) is 0. The quantitative estimate of drug-likeness (QED) is 0.544. The molecule has 7 heteroatoms. The predicted molar refractivity (Wildman–Crippen MR) is 20.7 cm³/mol. The Balaban J connectivity index is 3.57. The maximum Gasteiger partial charge on any atom is 0.480 e. The minimum Gasteiger partial charge on any atom is -0.302 e. The van der Waals surface area contributed by atoms with Crippen LogP contribution in [0.3, 0.4) is 0 Å². The highest BCUT2D eigenvalue weighted by Crippen LogP contribution is 2.39. The molecule has 7 heavy (non-hydrogen) atoms. The maximum atomic E-state index is 9.50. The van der Waals surface area contributed by atoms with Crippen LogP contribution >= 0.6 is 16.5 Å². The van der Waals surface area contributed by atoms with E-state index >= 15 is 0 Å². The van der Waals surface area contributed by atoms with Crippen molar-refractivity contribution in [1.29, 1.82) is 0 Å². The van der Waals surface area contributed by atoms with Crippen LogP contribution in [0.15, 0.2) is 0 Å². The molecule has 0 rings (SSSR count). The first-order valence-electron chi connectivity index (χ1n) is 1.13. The molecule has 0 amide bonds. The topological polar surface area (TPSA) is 83.8 Å². The second-order valence-corrected chi connectivity index (χ2v) is 2.43. The molecule has 0 aliphatic heterocycles. The Labute approximate surface area is 40.8 Å². The van der Waals surface area contributed by atoms with Gasteiger partial charge in [0, 0.05) is 0 Å². The van der Waals surface area contributed by atoms with Gasteiger partial charge in [0.2, 0.25) is 0 Å². The molecule has 0 unspecified atom stereocenters. The molecule has 0 aliphatic rings. The van der Waals surface area contributed by atoms with E-state index in [0.717, 1.165) is 0 Å². The predicted octanol–water partition coefficient (Wildman–Crippen LogP) is 0.302. The van der Waals surface area contributed by atoms with Gasteiger partial charge in [0.15, 0.2) is 0 Å². The molecule has 0 radical (unpaired) electrons. The number of hydrogen-bond acceptors (Lipinski definition) is 3. The molecule has 0 fully saturated rings. The van der Waals surface area contributed by atoms with Gasteiger partial charge in [-0.15, -0.1) is 0 Å². The second-order valence-electron chi connectivity index (χ2n) is 0.647. The highest BCUT2D eigenvalue weighted by molar-refractivity contribution is 7.52.